The van der Waals surface area contributed by atoms with Gasteiger partial charge in [0, 0.05) is 36.0 Å². The molecule has 5 heteroatoms. The number of nitrogens with zero attached hydrogens (tertiary/aromatic N) is 3. The monoisotopic (exact) mass is 389 g/mol. The predicted molar refractivity (Wildman–Crippen MR) is 116 cm³/mol. The Morgan fingerprint density at radius 1 is 1.21 bits per heavy atom. The molecular formula is C24H27N3O2. The number of methoxy groups -OCH3 is 1. The normalized spacial score (nSPS) is 17.2. The standard InChI is InChI=1S/C24H27N3O2/c1-3-19-8-4-6-16-26(19)23(28)15-14-21-22-9-5-7-17-27(22)25-24(21)18-10-12-20(29-2)13-11-18/h5,7,9-15,17,19H,3-4,6,8,16H2,1-2H3. The number of likely N-dealkylation sites (tertiary alicyclic amines) is 1. The minimum Gasteiger partial charge on any atom is -0.497 e. The highest BCUT2D eigenvalue weighted by molar-refractivity contribution is 5.95. The van der Waals surface area contributed by atoms with Crippen LogP contribution in [-0.2, 0) is 4.79 Å². The molecule has 3 heterocycles. The lowest BCUT2D eigenvalue weighted by Crippen LogP contribution is -2.42. The molecule has 150 valence electrons. The molecule has 1 fully saturated rings. The van der Waals surface area contributed by atoms with Crippen LogP contribution in [0.3, 0.4) is 0 Å². The van der Waals surface area contributed by atoms with Crippen LogP contribution in [0, 0.1) is 0 Å². The number of carbonyl (C=O) groups excluding carboxylic acids is 1. The number of rotatable bonds is 5. The van der Waals surface area contributed by atoms with Gasteiger partial charge < -0.3 is 9.64 Å². The SMILES string of the molecule is CCC1CCCCN1C(=O)C=Cc1c(-c2ccc(OC)cc2)nn2ccccc12. The Morgan fingerprint density at radius 3 is 2.79 bits per heavy atom. The van der Waals surface area contributed by atoms with Crippen molar-refractivity contribution >= 4 is 17.5 Å². The highest BCUT2D eigenvalue weighted by atomic mass is 16.5. The van der Waals surface area contributed by atoms with Crippen LogP contribution in [0.25, 0.3) is 22.9 Å². The average Bonchev–Trinajstić information content (AvgIpc) is 3.16. The van der Waals surface area contributed by atoms with E-state index in [1.807, 2.05) is 64.2 Å². The fourth-order valence-electron chi connectivity index (χ4n) is 4.11. The van der Waals surface area contributed by atoms with E-state index >= 15 is 0 Å². The van der Waals surface area contributed by atoms with Crippen molar-refractivity contribution in [2.75, 3.05) is 13.7 Å². The number of amides is 1. The summed E-state index contributed by atoms with van der Waals surface area (Å²) >= 11 is 0. The van der Waals surface area contributed by atoms with Gasteiger partial charge in [-0.05, 0) is 68.2 Å². The van der Waals surface area contributed by atoms with Crippen molar-refractivity contribution in [1.82, 2.24) is 14.5 Å². The molecule has 5 nitrogen and oxygen atoms in total. The van der Waals surface area contributed by atoms with Gasteiger partial charge in [0.1, 0.15) is 11.4 Å². The quantitative estimate of drug-likeness (QED) is 0.588. The van der Waals surface area contributed by atoms with Gasteiger partial charge in [0.05, 0.1) is 12.6 Å². The zero-order valence-corrected chi connectivity index (χ0v) is 17.0. The van der Waals surface area contributed by atoms with Gasteiger partial charge in [0.2, 0.25) is 5.91 Å². The molecule has 0 N–H and O–H groups in total. The summed E-state index contributed by atoms with van der Waals surface area (Å²) in [6.45, 7) is 3.01. The molecule has 1 aromatic carbocycles. The number of hydrogen-bond donors (Lipinski definition) is 0. The molecule has 0 spiro atoms. The highest BCUT2D eigenvalue weighted by Crippen LogP contribution is 2.29. The van der Waals surface area contributed by atoms with E-state index in [2.05, 4.69) is 6.92 Å². The largest absolute Gasteiger partial charge is 0.497 e. The molecule has 29 heavy (non-hydrogen) atoms. The Balaban J connectivity index is 1.70. The highest BCUT2D eigenvalue weighted by Gasteiger charge is 2.24. The van der Waals surface area contributed by atoms with E-state index in [1.54, 1.807) is 13.2 Å². The van der Waals surface area contributed by atoms with Crippen molar-refractivity contribution in [2.24, 2.45) is 0 Å². The van der Waals surface area contributed by atoms with Crippen LogP contribution in [0.5, 0.6) is 5.75 Å². The predicted octanol–water partition coefficient (Wildman–Crippen LogP) is 4.81. The van der Waals surface area contributed by atoms with Crippen LogP contribution in [0.15, 0.2) is 54.7 Å². The number of piperidine rings is 1. The van der Waals surface area contributed by atoms with Crippen LogP contribution in [-0.4, -0.2) is 40.1 Å². The summed E-state index contributed by atoms with van der Waals surface area (Å²) in [7, 11) is 1.66. The first kappa shape index (κ1) is 19.2. The minimum absolute atomic E-state index is 0.0903. The lowest BCUT2D eigenvalue weighted by atomic mass is 9.99. The van der Waals surface area contributed by atoms with Gasteiger partial charge >= 0.3 is 0 Å². The zero-order chi connectivity index (χ0) is 20.2. The van der Waals surface area contributed by atoms with Gasteiger partial charge in [0.15, 0.2) is 0 Å². The fourth-order valence-corrected chi connectivity index (χ4v) is 4.11. The smallest absolute Gasteiger partial charge is 0.246 e. The Labute approximate surface area is 171 Å². The molecular weight excluding hydrogens is 362 g/mol. The van der Waals surface area contributed by atoms with Crippen molar-refractivity contribution in [3.8, 4) is 17.0 Å². The van der Waals surface area contributed by atoms with Crippen LogP contribution >= 0.6 is 0 Å². The van der Waals surface area contributed by atoms with Crippen LogP contribution in [0.4, 0.5) is 0 Å². The van der Waals surface area contributed by atoms with Crippen molar-refractivity contribution in [3.63, 3.8) is 0 Å². The van der Waals surface area contributed by atoms with Gasteiger partial charge in [-0.25, -0.2) is 4.52 Å². The molecule has 1 amide bonds. The average molecular weight is 389 g/mol. The third-order valence-electron chi connectivity index (χ3n) is 5.72. The molecule has 1 unspecified atom stereocenters. The molecule has 1 aliphatic rings. The van der Waals surface area contributed by atoms with Gasteiger partial charge in [0.25, 0.3) is 0 Å². The molecule has 0 aliphatic carbocycles. The first-order valence-corrected chi connectivity index (χ1v) is 10.3. The second-order valence-electron chi connectivity index (χ2n) is 7.44. The van der Waals surface area contributed by atoms with E-state index in [0.29, 0.717) is 6.04 Å². The van der Waals surface area contributed by atoms with Crippen LogP contribution in [0.1, 0.15) is 38.2 Å². The molecule has 4 rings (SSSR count). The molecule has 1 saturated heterocycles. The van der Waals surface area contributed by atoms with Crippen molar-refractivity contribution < 1.29 is 9.53 Å². The number of aromatic nitrogens is 2. The second kappa shape index (κ2) is 8.52. The molecule has 0 saturated carbocycles. The third-order valence-corrected chi connectivity index (χ3v) is 5.72. The molecule has 0 radical (unpaired) electrons. The van der Waals surface area contributed by atoms with E-state index in [9.17, 15) is 4.79 Å². The number of carbonyl (C=O) groups is 1. The first-order valence-electron chi connectivity index (χ1n) is 10.3. The van der Waals surface area contributed by atoms with E-state index < -0.39 is 0 Å². The number of hydrogen-bond acceptors (Lipinski definition) is 3. The van der Waals surface area contributed by atoms with Crippen LogP contribution < -0.4 is 4.74 Å². The number of fused-ring (bicyclic) bond motifs is 1. The second-order valence-corrected chi connectivity index (χ2v) is 7.44. The van der Waals surface area contributed by atoms with Gasteiger partial charge in [-0.1, -0.05) is 13.0 Å². The fraction of sp³-hybridized carbons (Fsp3) is 0.333. The summed E-state index contributed by atoms with van der Waals surface area (Å²) in [5.74, 6) is 0.896. The first-order chi connectivity index (χ1) is 14.2. The van der Waals surface area contributed by atoms with Crippen molar-refractivity contribution in [3.05, 3.63) is 60.3 Å². The Hall–Kier alpha value is -3.08. The zero-order valence-electron chi connectivity index (χ0n) is 17.0. The molecule has 1 aliphatic heterocycles. The van der Waals surface area contributed by atoms with Crippen LogP contribution in [0.2, 0.25) is 0 Å². The van der Waals surface area contributed by atoms with Crippen molar-refractivity contribution in [1.29, 1.82) is 0 Å². The topological polar surface area (TPSA) is 46.8 Å². The van der Waals surface area contributed by atoms with E-state index in [1.165, 1.54) is 6.42 Å². The maximum atomic E-state index is 12.9. The van der Waals surface area contributed by atoms with Gasteiger partial charge in [-0.15, -0.1) is 0 Å². The Morgan fingerprint density at radius 2 is 2.03 bits per heavy atom. The van der Waals surface area contributed by atoms with E-state index in [0.717, 1.165) is 53.9 Å². The van der Waals surface area contributed by atoms with E-state index in [4.69, 9.17) is 9.84 Å². The summed E-state index contributed by atoms with van der Waals surface area (Å²) in [6.07, 6.45) is 9.97. The Bertz CT molecular complexity index is 1020. The molecule has 2 aromatic heterocycles. The molecule has 1 atom stereocenters. The summed E-state index contributed by atoms with van der Waals surface area (Å²) in [6, 6.07) is 14.2. The maximum absolute atomic E-state index is 12.9. The maximum Gasteiger partial charge on any atom is 0.246 e. The summed E-state index contributed by atoms with van der Waals surface area (Å²) in [5, 5.41) is 4.76. The lowest BCUT2D eigenvalue weighted by molar-refractivity contribution is -0.129. The van der Waals surface area contributed by atoms with E-state index in [-0.39, 0.29) is 5.91 Å². The minimum atomic E-state index is 0.0903. The molecule has 3 aromatic rings. The third kappa shape index (κ3) is 3.90. The van der Waals surface area contributed by atoms with Gasteiger partial charge in [-0.3, -0.25) is 4.79 Å². The summed E-state index contributed by atoms with van der Waals surface area (Å²) in [5.41, 5.74) is 3.78. The van der Waals surface area contributed by atoms with Gasteiger partial charge in [-0.2, -0.15) is 5.10 Å². The number of pyridine rings is 1. The molecule has 0 bridgehead atoms. The summed E-state index contributed by atoms with van der Waals surface area (Å²) in [4.78, 5) is 15.0. The lowest BCUT2D eigenvalue weighted by Gasteiger charge is -2.34. The van der Waals surface area contributed by atoms with Crippen molar-refractivity contribution in [2.45, 2.75) is 38.6 Å². The number of ether oxygens (including phenoxy) is 1. The Kier molecular flexibility index (Phi) is 5.65. The number of benzene rings is 1. The summed E-state index contributed by atoms with van der Waals surface area (Å²) < 4.78 is 7.13.